The van der Waals surface area contributed by atoms with E-state index in [0.29, 0.717) is 11.3 Å². The average molecular weight is 350 g/mol. The number of hydrogen-bond acceptors (Lipinski definition) is 3. The van der Waals surface area contributed by atoms with E-state index in [-0.39, 0.29) is 0 Å². The molecular weight excluding hydrogens is 310 g/mol. The van der Waals surface area contributed by atoms with Crippen LogP contribution >= 0.6 is 0 Å². The molecule has 0 bridgehead atoms. The minimum Gasteiger partial charge on any atom is -0.356 e. The van der Waals surface area contributed by atoms with E-state index in [1.807, 2.05) is 7.05 Å². The predicted molar refractivity (Wildman–Crippen MR) is 106 cm³/mol. The first-order valence-electron chi connectivity index (χ1n) is 10.5. The zero-order valence-corrected chi connectivity index (χ0v) is 16.8. The van der Waals surface area contributed by atoms with Gasteiger partial charge in [-0.3, -0.25) is 4.99 Å². The average Bonchev–Trinajstić information content (AvgIpc) is 3.01. The van der Waals surface area contributed by atoms with Gasteiger partial charge in [-0.2, -0.15) is 0 Å². The van der Waals surface area contributed by atoms with E-state index < -0.39 is 0 Å². The lowest BCUT2D eigenvalue weighted by molar-refractivity contribution is 0.139. The topological polar surface area (TPSA) is 34.1 Å². The molecule has 0 aromatic carbocycles. The maximum atomic E-state index is 4.59. The normalized spacial score (nSPS) is 27.0. The summed E-state index contributed by atoms with van der Waals surface area (Å²) >= 11 is 0. The van der Waals surface area contributed by atoms with Gasteiger partial charge in [0.15, 0.2) is 5.96 Å². The Morgan fingerprint density at radius 1 is 1.04 bits per heavy atom. The summed E-state index contributed by atoms with van der Waals surface area (Å²) in [6.07, 6.45) is 8.54. The van der Waals surface area contributed by atoms with Crippen LogP contribution in [0, 0.1) is 11.3 Å². The van der Waals surface area contributed by atoms with Crippen molar-refractivity contribution in [1.29, 1.82) is 0 Å². The second-order valence-corrected chi connectivity index (χ2v) is 8.87. The first-order chi connectivity index (χ1) is 12.1. The summed E-state index contributed by atoms with van der Waals surface area (Å²) in [5.41, 5.74) is 0.599. The summed E-state index contributed by atoms with van der Waals surface area (Å²) in [7, 11) is 4.17. The SMILES string of the molecule is CN=C(NCC(C)CN1CCN(C)CC1)N1CCC2(CCCCC2)C1. The van der Waals surface area contributed by atoms with Gasteiger partial charge < -0.3 is 20.0 Å². The van der Waals surface area contributed by atoms with Crippen LogP contribution in [0.4, 0.5) is 0 Å². The summed E-state index contributed by atoms with van der Waals surface area (Å²) in [5, 5.41) is 3.67. The van der Waals surface area contributed by atoms with Gasteiger partial charge in [-0.15, -0.1) is 0 Å². The zero-order chi connectivity index (χ0) is 17.7. The summed E-state index contributed by atoms with van der Waals surface area (Å²) in [6.45, 7) is 11.8. The lowest BCUT2D eigenvalue weighted by Crippen LogP contribution is -2.48. The Bertz CT molecular complexity index is 435. The standard InChI is InChI=1S/C20H39N5/c1-18(16-24-13-11-23(3)12-14-24)15-22-19(21-2)25-10-9-20(17-25)7-5-4-6-8-20/h18H,4-17H2,1-3H3,(H,21,22). The number of likely N-dealkylation sites (N-methyl/N-ethyl adjacent to an activating group) is 1. The highest BCUT2D eigenvalue weighted by Gasteiger charge is 2.39. The first kappa shape index (κ1) is 19.0. The molecule has 0 aromatic heterocycles. The Labute approximate surface area is 154 Å². The molecule has 2 saturated heterocycles. The van der Waals surface area contributed by atoms with Crippen molar-refractivity contribution < 1.29 is 0 Å². The van der Waals surface area contributed by atoms with Crippen LogP contribution in [0.2, 0.25) is 0 Å². The fourth-order valence-electron chi connectivity index (χ4n) is 4.96. The van der Waals surface area contributed by atoms with Crippen molar-refractivity contribution in [3.8, 4) is 0 Å². The van der Waals surface area contributed by atoms with Crippen molar-refractivity contribution >= 4 is 5.96 Å². The monoisotopic (exact) mass is 349 g/mol. The van der Waals surface area contributed by atoms with Crippen molar-refractivity contribution in [3.63, 3.8) is 0 Å². The molecule has 2 aliphatic heterocycles. The molecule has 1 atom stereocenters. The summed E-state index contributed by atoms with van der Waals surface area (Å²) in [4.78, 5) is 12.1. The van der Waals surface area contributed by atoms with Crippen LogP contribution in [0.5, 0.6) is 0 Å². The quantitative estimate of drug-likeness (QED) is 0.623. The molecule has 0 amide bonds. The number of likely N-dealkylation sites (tertiary alicyclic amines) is 1. The smallest absolute Gasteiger partial charge is 0.193 e. The first-order valence-corrected chi connectivity index (χ1v) is 10.5. The molecule has 5 heteroatoms. The number of rotatable bonds is 4. The molecule has 1 spiro atoms. The highest BCUT2D eigenvalue weighted by atomic mass is 15.3. The molecule has 1 N–H and O–H groups in total. The van der Waals surface area contributed by atoms with E-state index in [0.717, 1.165) is 12.5 Å². The van der Waals surface area contributed by atoms with Crippen LogP contribution in [0.1, 0.15) is 45.4 Å². The van der Waals surface area contributed by atoms with E-state index in [4.69, 9.17) is 0 Å². The van der Waals surface area contributed by atoms with Crippen molar-refractivity contribution in [2.24, 2.45) is 16.3 Å². The Morgan fingerprint density at radius 3 is 2.44 bits per heavy atom. The summed E-state index contributed by atoms with van der Waals surface area (Å²) < 4.78 is 0. The highest BCUT2D eigenvalue weighted by Crippen LogP contribution is 2.43. The molecular formula is C20H39N5. The van der Waals surface area contributed by atoms with E-state index in [9.17, 15) is 0 Å². The van der Waals surface area contributed by atoms with E-state index in [1.54, 1.807) is 0 Å². The Balaban J connectivity index is 1.42. The maximum absolute atomic E-state index is 4.59. The van der Waals surface area contributed by atoms with Gasteiger partial charge in [0, 0.05) is 59.4 Å². The number of nitrogens with zero attached hydrogens (tertiary/aromatic N) is 4. The Hall–Kier alpha value is -0.810. The third-order valence-electron chi connectivity index (χ3n) is 6.64. The third kappa shape index (κ3) is 5.10. The fourth-order valence-corrected chi connectivity index (χ4v) is 4.96. The van der Waals surface area contributed by atoms with Crippen LogP contribution in [0.3, 0.4) is 0 Å². The number of guanidine groups is 1. The van der Waals surface area contributed by atoms with Gasteiger partial charge >= 0.3 is 0 Å². The fraction of sp³-hybridized carbons (Fsp3) is 0.950. The number of piperazine rings is 1. The zero-order valence-electron chi connectivity index (χ0n) is 16.8. The van der Waals surface area contributed by atoms with Crippen molar-refractivity contribution in [3.05, 3.63) is 0 Å². The molecule has 5 nitrogen and oxygen atoms in total. The highest BCUT2D eigenvalue weighted by molar-refractivity contribution is 5.80. The van der Waals surface area contributed by atoms with Crippen molar-refractivity contribution in [2.45, 2.75) is 45.4 Å². The molecule has 2 heterocycles. The molecule has 1 aliphatic carbocycles. The van der Waals surface area contributed by atoms with Crippen LogP contribution in [0.15, 0.2) is 4.99 Å². The van der Waals surface area contributed by atoms with E-state index in [1.165, 1.54) is 84.3 Å². The number of aliphatic imine (C=N–C) groups is 1. The molecule has 0 aromatic rings. The molecule has 0 radical (unpaired) electrons. The van der Waals surface area contributed by atoms with Crippen LogP contribution in [-0.2, 0) is 0 Å². The largest absolute Gasteiger partial charge is 0.356 e. The van der Waals surface area contributed by atoms with Crippen LogP contribution < -0.4 is 5.32 Å². The van der Waals surface area contributed by atoms with Gasteiger partial charge in [0.2, 0.25) is 0 Å². The molecule has 1 saturated carbocycles. The minimum absolute atomic E-state index is 0.599. The van der Waals surface area contributed by atoms with E-state index >= 15 is 0 Å². The van der Waals surface area contributed by atoms with Crippen molar-refractivity contribution in [2.75, 3.05) is 66.5 Å². The molecule has 3 rings (SSSR count). The van der Waals surface area contributed by atoms with E-state index in [2.05, 4.69) is 39.0 Å². The van der Waals surface area contributed by atoms with Gasteiger partial charge in [0.25, 0.3) is 0 Å². The van der Waals surface area contributed by atoms with Crippen molar-refractivity contribution in [1.82, 2.24) is 20.0 Å². The summed E-state index contributed by atoms with van der Waals surface area (Å²) in [6, 6.07) is 0. The molecule has 3 fully saturated rings. The molecule has 144 valence electrons. The molecule has 25 heavy (non-hydrogen) atoms. The van der Waals surface area contributed by atoms with Gasteiger partial charge in [-0.25, -0.2) is 0 Å². The second kappa shape index (κ2) is 8.72. The van der Waals surface area contributed by atoms with Gasteiger partial charge in [0.05, 0.1) is 0 Å². The second-order valence-electron chi connectivity index (χ2n) is 8.87. The Morgan fingerprint density at radius 2 is 1.76 bits per heavy atom. The predicted octanol–water partition coefficient (Wildman–Crippen LogP) is 2.10. The lowest BCUT2D eigenvalue weighted by atomic mass is 9.73. The molecule has 3 aliphatic rings. The van der Waals surface area contributed by atoms with Gasteiger partial charge in [-0.1, -0.05) is 26.2 Å². The number of hydrogen-bond donors (Lipinski definition) is 1. The summed E-state index contributed by atoms with van der Waals surface area (Å²) in [5.74, 6) is 1.79. The van der Waals surface area contributed by atoms with Crippen LogP contribution in [0.25, 0.3) is 0 Å². The maximum Gasteiger partial charge on any atom is 0.193 e. The lowest BCUT2D eigenvalue weighted by Gasteiger charge is -2.35. The minimum atomic E-state index is 0.599. The van der Waals surface area contributed by atoms with Gasteiger partial charge in [0.1, 0.15) is 0 Å². The third-order valence-corrected chi connectivity index (χ3v) is 6.64. The Kier molecular flexibility index (Phi) is 6.61. The van der Waals surface area contributed by atoms with Crippen LogP contribution in [-0.4, -0.2) is 87.1 Å². The molecule has 1 unspecified atom stereocenters. The number of nitrogens with one attached hydrogen (secondary N) is 1. The van der Waals surface area contributed by atoms with Gasteiger partial charge in [-0.05, 0) is 37.6 Å².